The maximum atomic E-state index is 13.1. The Morgan fingerprint density at radius 3 is 0.660 bits per heavy atom. The van der Waals surface area contributed by atoms with E-state index in [1.54, 1.807) is 0 Å². The molecule has 0 heterocycles. The molecule has 0 spiro atoms. The second-order valence-electron chi connectivity index (χ2n) is 31.6. The highest BCUT2D eigenvalue weighted by atomic mass is 31.2. The second kappa shape index (κ2) is 74.2. The molecule has 0 aromatic heterocycles. The molecule has 0 aromatic carbocycles. The summed E-state index contributed by atoms with van der Waals surface area (Å²) in [5.74, 6) is 0.210. The Hall–Kier alpha value is -1.94. The van der Waals surface area contributed by atoms with Crippen LogP contribution in [0.4, 0.5) is 0 Å². The Labute approximate surface area is 632 Å². The number of hydrogen-bond donors (Lipinski definition) is 3. The molecule has 17 nitrogen and oxygen atoms in total. The first-order chi connectivity index (χ1) is 49.7. The normalized spacial score (nSPS) is 13.9. The van der Waals surface area contributed by atoms with Crippen molar-refractivity contribution < 1.29 is 80.2 Å². The van der Waals surface area contributed by atoms with Crippen molar-refractivity contribution in [1.29, 1.82) is 0 Å². The predicted molar refractivity (Wildman–Crippen MR) is 423 cm³/mol. The van der Waals surface area contributed by atoms with Gasteiger partial charge in [-0.05, 0) is 43.4 Å². The molecule has 0 saturated carbocycles. The minimum Gasteiger partial charge on any atom is -0.462 e. The monoisotopic (exact) mass is 1510 g/mol. The lowest BCUT2D eigenvalue weighted by molar-refractivity contribution is -0.161. The molecule has 0 fully saturated rings. The van der Waals surface area contributed by atoms with Crippen molar-refractivity contribution in [3.8, 4) is 0 Å². The van der Waals surface area contributed by atoms with Crippen LogP contribution in [0.3, 0.4) is 0 Å². The summed E-state index contributed by atoms with van der Waals surface area (Å²) in [5.41, 5.74) is 0. The van der Waals surface area contributed by atoms with Gasteiger partial charge in [0.1, 0.15) is 19.3 Å². The van der Waals surface area contributed by atoms with E-state index in [1.807, 2.05) is 0 Å². The van der Waals surface area contributed by atoms with Crippen LogP contribution in [0.15, 0.2) is 0 Å². The predicted octanol–water partition coefficient (Wildman–Crippen LogP) is 25.3. The van der Waals surface area contributed by atoms with E-state index in [4.69, 9.17) is 37.0 Å². The zero-order valence-electron chi connectivity index (χ0n) is 67.8. The smallest absolute Gasteiger partial charge is 0.462 e. The lowest BCUT2D eigenvalue weighted by Gasteiger charge is -2.21. The number of phosphoric acid groups is 2. The molecule has 0 aliphatic carbocycles. The lowest BCUT2D eigenvalue weighted by Crippen LogP contribution is -2.30. The molecule has 0 aliphatic heterocycles. The minimum atomic E-state index is -4.97. The quantitative estimate of drug-likeness (QED) is 0.0222. The summed E-state index contributed by atoms with van der Waals surface area (Å²) in [6, 6.07) is 0. The zero-order valence-corrected chi connectivity index (χ0v) is 69.6. The van der Waals surface area contributed by atoms with Crippen molar-refractivity contribution in [2.24, 2.45) is 17.8 Å². The van der Waals surface area contributed by atoms with Gasteiger partial charge in [0, 0.05) is 25.7 Å². The van der Waals surface area contributed by atoms with Crippen molar-refractivity contribution in [2.45, 2.75) is 458 Å². The van der Waals surface area contributed by atoms with E-state index in [-0.39, 0.29) is 25.7 Å². The third kappa shape index (κ3) is 78.0. The number of rotatable bonds is 82. The Kier molecular flexibility index (Phi) is 72.8. The van der Waals surface area contributed by atoms with Crippen LogP contribution in [0, 0.1) is 17.8 Å². The van der Waals surface area contributed by atoms with Crippen molar-refractivity contribution in [2.75, 3.05) is 39.6 Å². The number of hydrogen-bond acceptors (Lipinski definition) is 15. The molecule has 3 N–H and O–H groups in total. The van der Waals surface area contributed by atoms with Gasteiger partial charge in [-0.1, -0.05) is 389 Å². The molecule has 0 radical (unpaired) electrons. The van der Waals surface area contributed by atoms with Crippen LogP contribution in [0.25, 0.3) is 0 Å². The highest BCUT2D eigenvalue weighted by Gasteiger charge is 2.30. The Morgan fingerprint density at radius 2 is 0.447 bits per heavy atom. The Balaban J connectivity index is 5.26. The van der Waals surface area contributed by atoms with Gasteiger partial charge in [-0.2, -0.15) is 0 Å². The number of aliphatic hydroxyl groups is 1. The highest BCUT2D eigenvalue weighted by Crippen LogP contribution is 2.45. The molecule has 19 heteroatoms. The molecule has 0 bridgehead atoms. The number of carbonyl (C=O) groups is 4. The number of ether oxygens (including phenoxy) is 4. The summed E-state index contributed by atoms with van der Waals surface area (Å²) in [7, 11) is -9.93. The maximum Gasteiger partial charge on any atom is 0.472 e. The van der Waals surface area contributed by atoms with Crippen molar-refractivity contribution in [3.05, 3.63) is 0 Å². The Bertz CT molecular complexity index is 1990. The van der Waals surface area contributed by atoms with Gasteiger partial charge >= 0.3 is 39.5 Å². The van der Waals surface area contributed by atoms with Crippen LogP contribution in [-0.4, -0.2) is 96.7 Å². The van der Waals surface area contributed by atoms with Gasteiger partial charge in [0.05, 0.1) is 26.4 Å². The number of esters is 4. The molecule has 0 amide bonds. The van der Waals surface area contributed by atoms with Crippen LogP contribution >= 0.6 is 15.6 Å². The van der Waals surface area contributed by atoms with Crippen LogP contribution in [-0.2, 0) is 65.4 Å². The van der Waals surface area contributed by atoms with Gasteiger partial charge in [0.2, 0.25) is 0 Å². The van der Waals surface area contributed by atoms with E-state index in [0.29, 0.717) is 25.7 Å². The van der Waals surface area contributed by atoms with Crippen molar-refractivity contribution in [3.63, 3.8) is 0 Å². The zero-order chi connectivity index (χ0) is 75.8. The number of aliphatic hydroxyl groups excluding tert-OH is 1. The van der Waals surface area contributed by atoms with E-state index in [2.05, 4.69) is 48.5 Å². The average Bonchev–Trinajstić information content (AvgIpc) is 0.956. The average molecular weight is 1510 g/mol. The number of carbonyl (C=O) groups excluding carboxylic acids is 4. The summed E-state index contributed by atoms with van der Waals surface area (Å²) >= 11 is 0. The summed E-state index contributed by atoms with van der Waals surface area (Å²) in [6.07, 6.45) is 63.8. The van der Waals surface area contributed by atoms with E-state index in [1.165, 1.54) is 250 Å². The third-order valence-corrected chi connectivity index (χ3v) is 21.5. The lowest BCUT2D eigenvalue weighted by atomic mass is 10.0. The highest BCUT2D eigenvalue weighted by molar-refractivity contribution is 7.47. The molecular weight excluding hydrogens is 1340 g/mol. The third-order valence-electron chi connectivity index (χ3n) is 19.6. The SMILES string of the molecule is CCCCCCCCCCCCCCCCCCCCCC(=O)O[C@H](COC(=O)CCCCCCCCCCCCCCCCCC(C)C)COP(=O)(O)OC[C@@H](O)COP(=O)(O)OC[C@@H](COC(=O)CCCCCCCCCCCCC(C)C)OC(=O)CCCCCCCCCCCCC(C)C. The second-order valence-corrected chi connectivity index (χ2v) is 34.6. The van der Waals surface area contributed by atoms with Crippen LogP contribution < -0.4 is 0 Å². The van der Waals surface area contributed by atoms with Gasteiger partial charge in [0.15, 0.2) is 12.2 Å². The molecule has 0 aromatic rings. The minimum absolute atomic E-state index is 0.106. The van der Waals surface area contributed by atoms with E-state index >= 15 is 0 Å². The number of phosphoric ester groups is 2. The van der Waals surface area contributed by atoms with Crippen LogP contribution in [0.1, 0.15) is 440 Å². The standard InChI is InChI=1S/C84H164O17P2/c1-8-9-10-11-12-13-14-15-16-17-18-19-22-26-29-39-46-53-60-67-83(88)100-79(71-94-81(86)65-58-51-44-37-28-25-23-20-21-24-27-34-41-48-55-62-75(2)3)73-98-102(90,91)96-69-78(85)70-97-103(92,93)99-74-80(101-84(89)68-61-54-47-40-33-31-36-43-50-57-64-77(6)7)72-95-82(87)66-59-52-45-38-32-30-35-42-49-56-63-76(4)5/h75-80,85H,8-74H2,1-7H3,(H,90,91)(H,92,93)/t78-,79-,80-/m1/s1. The summed E-state index contributed by atoms with van der Waals surface area (Å²) in [5, 5.41) is 10.7. The van der Waals surface area contributed by atoms with Gasteiger partial charge in [0.25, 0.3) is 0 Å². The van der Waals surface area contributed by atoms with E-state index < -0.39 is 97.5 Å². The summed E-state index contributed by atoms with van der Waals surface area (Å²) < 4.78 is 68.9. The fourth-order valence-electron chi connectivity index (χ4n) is 13.0. The topological polar surface area (TPSA) is 237 Å². The van der Waals surface area contributed by atoms with Crippen LogP contribution in [0.5, 0.6) is 0 Å². The van der Waals surface area contributed by atoms with Crippen molar-refractivity contribution >= 4 is 39.5 Å². The molecule has 103 heavy (non-hydrogen) atoms. The fourth-order valence-corrected chi connectivity index (χ4v) is 14.6. The first-order valence-corrected chi connectivity index (χ1v) is 46.3. The first kappa shape index (κ1) is 101. The summed E-state index contributed by atoms with van der Waals surface area (Å²) in [4.78, 5) is 73.2. The molecule has 0 rings (SSSR count). The Morgan fingerprint density at radius 1 is 0.262 bits per heavy atom. The summed E-state index contributed by atoms with van der Waals surface area (Å²) in [6.45, 7) is 12.0. The molecule has 0 aliphatic rings. The largest absolute Gasteiger partial charge is 0.472 e. The van der Waals surface area contributed by atoms with E-state index in [0.717, 1.165) is 108 Å². The first-order valence-electron chi connectivity index (χ1n) is 43.3. The molecule has 5 atom stereocenters. The molecule has 2 unspecified atom stereocenters. The molecule has 0 saturated heterocycles. The van der Waals surface area contributed by atoms with Gasteiger partial charge < -0.3 is 33.8 Å². The maximum absolute atomic E-state index is 13.1. The molecular formula is C84H164O17P2. The van der Waals surface area contributed by atoms with E-state index in [9.17, 15) is 43.2 Å². The van der Waals surface area contributed by atoms with Crippen LogP contribution in [0.2, 0.25) is 0 Å². The van der Waals surface area contributed by atoms with Gasteiger partial charge in [-0.25, -0.2) is 9.13 Å². The number of unbranched alkanes of at least 4 members (excludes halogenated alkanes) is 50. The van der Waals surface area contributed by atoms with Crippen molar-refractivity contribution in [1.82, 2.24) is 0 Å². The molecule has 612 valence electrons. The van der Waals surface area contributed by atoms with Gasteiger partial charge in [-0.15, -0.1) is 0 Å². The van der Waals surface area contributed by atoms with Gasteiger partial charge in [-0.3, -0.25) is 37.3 Å². The fraction of sp³-hybridized carbons (Fsp3) is 0.952.